The third-order valence-corrected chi connectivity index (χ3v) is 6.00. The van der Waals surface area contributed by atoms with Crippen LogP contribution in [0.3, 0.4) is 0 Å². The monoisotopic (exact) mass is 416 g/mol. The fraction of sp³-hybridized carbons (Fsp3) is 0.304. The van der Waals surface area contributed by atoms with Gasteiger partial charge in [0.25, 0.3) is 0 Å². The van der Waals surface area contributed by atoms with Crippen LogP contribution in [0.25, 0.3) is 0 Å². The molecule has 2 aliphatic heterocycles. The van der Waals surface area contributed by atoms with E-state index in [0.29, 0.717) is 37.6 Å². The maximum Gasteiger partial charge on any atom is 0.488 e. The minimum atomic E-state index is -1.50. The summed E-state index contributed by atoms with van der Waals surface area (Å²) < 4.78 is 5.68. The Labute approximate surface area is 181 Å². The molecule has 7 nitrogen and oxygen atoms in total. The Bertz CT molecular complexity index is 1090. The molecule has 31 heavy (non-hydrogen) atoms. The number of nitrogens with zero attached hydrogens (tertiary/aromatic N) is 3. The van der Waals surface area contributed by atoms with Crippen molar-refractivity contribution in [1.29, 1.82) is 0 Å². The van der Waals surface area contributed by atoms with Crippen LogP contribution in [0.4, 0.5) is 17.5 Å². The largest absolute Gasteiger partial charge is 0.488 e. The summed E-state index contributed by atoms with van der Waals surface area (Å²) in [5.41, 5.74) is 5.59. The summed E-state index contributed by atoms with van der Waals surface area (Å²) in [6.45, 7) is 3.91. The van der Waals surface area contributed by atoms with Gasteiger partial charge in [-0.2, -0.15) is 4.98 Å². The highest BCUT2D eigenvalue weighted by Gasteiger charge is 2.34. The number of fused-ring (bicyclic) bond motifs is 2. The van der Waals surface area contributed by atoms with Gasteiger partial charge in [-0.1, -0.05) is 42.5 Å². The van der Waals surface area contributed by atoms with E-state index in [4.69, 9.17) is 14.7 Å². The first-order chi connectivity index (χ1) is 15.1. The molecule has 3 N–H and O–H groups in total. The maximum atomic E-state index is 9.79. The zero-order chi connectivity index (χ0) is 21.4. The van der Waals surface area contributed by atoms with Crippen LogP contribution in [0.5, 0.6) is 0 Å². The number of hydrogen-bond donors (Lipinski definition) is 3. The molecule has 8 heteroatoms. The van der Waals surface area contributed by atoms with E-state index in [9.17, 15) is 10.0 Å². The van der Waals surface area contributed by atoms with Gasteiger partial charge in [-0.3, -0.25) is 0 Å². The van der Waals surface area contributed by atoms with Crippen LogP contribution in [-0.4, -0.2) is 39.8 Å². The molecule has 3 heterocycles. The molecular weight excluding hydrogens is 391 g/mol. The fourth-order valence-electron chi connectivity index (χ4n) is 4.49. The standard InChI is InChI=1S/C23H25BN4O3/c1-15-12-18-19(24(29)30)8-5-9-21(18)28(15)23-26-20-14-31-11-10-17(20)22(27-23)25-13-16-6-3-2-4-7-16/h2-9,15,29-30H,10-14H2,1H3,(H,25,26,27). The van der Waals surface area contributed by atoms with Crippen molar-refractivity contribution >= 4 is 30.0 Å². The van der Waals surface area contributed by atoms with Crippen molar-refractivity contribution in [2.75, 3.05) is 16.8 Å². The molecule has 2 aliphatic rings. The number of nitrogens with one attached hydrogen (secondary N) is 1. The summed E-state index contributed by atoms with van der Waals surface area (Å²) in [5.74, 6) is 1.45. The van der Waals surface area contributed by atoms with Gasteiger partial charge >= 0.3 is 7.12 Å². The van der Waals surface area contributed by atoms with E-state index in [1.807, 2.05) is 30.3 Å². The molecule has 2 aromatic carbocycles. The van der Waals surface area contributed by atoms with Crippen molar-refractivity contribution in [1.82, 2.24) is 9.97 Å². The molecular formula is C23H25BN4O3. The maximum absolute atomic E-state index is 9.79. The summed E-state index contributed by atoms with van der Waals surface area (Å²) in [6, 6.07) is 15.9. The van der Waals surface area contributed by atoms with Crippen molar-refractivity contribution < 1.29 is 14.8 Å². The second-order valence-electron chi connectivity index (χ2n) is 8.08. The lowest BCUT2D eigenvalue weighted by molar-refractivity contribution is 0.107. The van der Waals surface area contributed by atoms with Crippen LogP contribution in [0.1, 0.15) is 29.3 Å². The molecule has 0 saturated carbocycles. The van der Waals surface area contributed by atoms with E-state index in [1.165, 1.54) is 5.56 Å². The molecule has 1 unspecified atom stereocenters. The number of benzene rings is 2. The third-order valence-electron chi connectivity index (χ3n) is 6.00. The SMILES string of the molecule is CC1Cc2c(B(O)O)cccc2N1c1nc2c(c(NCc3ccccc3)n1)CCOC2. The predicted molar refractivity (Wildman–Crippen MR) is 121 cm³/mol. The number of aromatic nitrogens is 2. The van der Waals surface area contributed by atoms with Gasteiger partial charge in [0.2, 0.25) is 5.95 Å². The van der Waals surface area contributed by atoms with Gasteiger partial charge in [-0.15, -0.1) is 0 Å². The lowest BCUT2D eigenvalue weighted by Gasteiger charge is -2.26. The topological polar surface area (TPSA) is 90.7 Å². The number of ether oxygens (including phenoxy) is 1. The van der Waals surface area contributed by atoms with Gasteiger partial charge < -0.3 is 25.0 Å². The number of rotatable bonds is 5. The van der Waals surface area contributed by atoms with E-state index in [-0.39, 0.29) is 6.04 Å². The van der Waals surface area contributed by atoms with Crippen LogP contribution in [0, 0.1) is 0 Å². The van der Waals surface area contributed by atoms with Gasteiger partial charge in [-0.05, 0) is 36.0 Å². The van der Waals surface area contributed by atoms with Crippen molar-refractivity contribution in [3.63, 3.8) is 0 Å². The highest BCUT2D eigenvalue weighted by Crippen LogP contribution is 2.37. The van der Waals surface area contributed by atoms with Crippen LogP contribution >= 0.6 is 0 Å². The second kappa shape index (κ2) is 8.30. The first-order valence-electron chi connectivity index (χ1n) is 10.6. The zero-order valence-corrected chi connectivity index (χ0v) is 17.5. The first kappa shape index (κ1) is 20.0. The minimum absolute atomic E-state index is 0.0967. The van der Waals surface area contributed by atoms with Crippen LogP contribution in [0.2, 0.25) is 0 Å². The summed E-state index contributed by atoms with van der Waals surface area (Å²) in [6.07, 6.45) is 1.48. The second-order valence-corrected chi connectivity index (χ2v) is 8.08. The Kier molecular flexibility index (Phi) is 5.35. The van der Waals surface area contributed by atoms with Crippen molar-refractivity contribution in [3.05, 3.63) is 70.9 Å². The summed E-state index contributed by atoms with van der Waals surface area (Å²) in [4.78, 5) is 11.9. The van der Waals surface area contributed by atoms with E-state index < -0.39 is 7.12 Å². The van der Waals surface area contributed by atoms with E-state index in [2.05, 4.69) is 29.3 Å². The normalized spacial score (nSPS) is 17.3. The summed E-state index contributed by atoms with van der Waals surface area (Å²) >= 11 is 0. The molecule has 0 amide bonds. The van der Waals surface area contributed by atoms with Gasteiger partial charge in [0.05, 0.1) is 18.9 Å². The summed E-state index contributed by atoms with van der Waals surface area (Å²) in [7, 11) is -1.50. The molecule has 5 rings (SSSR count). The van der Waals surface area contributed by atoms with Crippen molar-refractivity contribution in [2.45, 2.75) is 39.0 Å². The lowest BCUT2D eigenvalue weighted by atomic mass is 9.76. The summed E-state index contributed by atoms with van der Waals surface area (Å²) in [5, 5.41) is 23.1. The van der Waals surface area contributed by atoms with Crippen LogP contribution in [-0.2, 0) is 30.7 Å². The Morgan fingerprint density at radius 1 is 1.10 bits per heavy atom. The quantitative estimate of drug-likeness (QED) is 0.548. The molecule has 0 spiro atoms. The Morgan fingerprint density at radius 2 is 1.94 bits per heavy atom. The predicted octanol–water partition coefficient (Wildman–Crippen LogP) is 1.92. The van der Waals surface area contributed by atoms with Gasteiger partial charge in [0, 0.05) is 30.3 Å². The van der Waals surface area contributed by atoms with E-state index in [1.54, 1.807) is 6.07 Å². The molecule has 158 valence electrons. The number of anilines is 3. The molecule has 1 aromatic heterocycles. The van der Waals surface area contributed by atoms with Crippen molar-refractivity contribution in [2.24, 2.45) is 0 Å². The highest BCUT2D eigenvalue weighted by molar-refractivity contribution is 6.59. The average Bonchev–Trinajstić information content (AvgIpc) is 3.13. The molecule has 3 aromatic rings. The zero-order valence-electron chi connectivity index (χ0n) is 17.5. The minimum Gasteiger partial charge on any atom is -0.423 e. The van der Waals surface area contributed by atoms with Crippen LogP contribution < -0.4 is 15.7 Å². The Balaban J connectivity index is 1.54. The molecule has 1 atom stereocenters. The van der Waals surface area contributed by atoms with E-state index >= 15 is 0 Å². The fourth-order valence-corrected chi connectivity index (χ4v) is 4.49. The lowest BCUT2D eigenvalue weighted by Crippen LogP contribution is -2.32. The van der Waals surface area contributed by atoms with Crippen LogP contribution in [0.15, 0.2) is 48.5 Å². The Hall–Kier alpha value is -2.94. The molecule has 0 aliphatic carbocycles. The molecule has 0 bridgehead atoms. The van der Waals surface area contributed by atoms with E-state index in [0.717, 1.165) is 34.7 Å². The molecule has 0 fully saturated rings. The first-order valence-corrected chi connectivity index (χ1v) is 10.6. The number of hydrogen-bond acceptors (Lipinski definition) is 7. The third kappa shape index (κ3) is 3.78. The Morgan fingerprint density at radius 3 is 2.74 bits per heavy atom. The highest BCUT2D eigenvalue weighted by atomic mass is 16.5. The molecule has 0 radical (unpaired) electrons. The molecule has 0 saturated heterocycles. The van der Waals surface area contributed by atoms with Gasteiger partial charge in [-0.25, -0.2) is 4.98 Å². The van der Waals surface area contributed by atoms with Gasteiger partial charge in [0.15, 0.2) is 0 Å². The average molecular weight is 416 g/mol. The smallest absolute Gasteiger partial charge is 0.423 e. The van der Waals surface area contributed by atoms with Crippen molar-refractivity contribution in [3.8, 4) is 0 Å². The van der Waals surface area contributed by atoms with Gasteiger partial charge in [0.1, 0.15) is 5.82 Å².